The molecule has 1 amide bonds. The van der Waals surface area contributed by atoms with E-state index >= 15 is 0 Å². The van der Waals surface area contributed by atoms with Crippen molar-refractivity contribution >= 4 is 17.5 Å². The molecule has 4 aromatic rings. The average Bonchev–Trinajstić information content (AvgIpc) is 3.38. The highest BCUT2D eigenvalue weighted by Gasteiger charge is 2.29. The van der Waals surface area contributed by atoms with Crippen LogP contribution < -0.4 is 10.5 Å². The van der Waals surface area contributed by atoms with Gasteiger partial charge >= 0.3 is 0 Å². The first-order valence-electron chi connectivity index (χ1n) is 12.3. The molecule has 2 aliphatic rings. The van der Waals surface area contributed by atoms with Gasteiger partial charge in [0, 0.05) is 77.4 Å². The van der Waals surface area contributed by atoms with Gasteiger partial charge in [-0.2, -0.15) is 9.61 Å². The van der Waals surface area contributed by atoms with Gasteiger partial charge in [-0.05, 0) is 11.6 Å². The van der Waals surface area contributed by atoms with Crippen LogP contribution in [0, 0.1) is 0 Å². The molecule has 1 saturated heterocycles. The Hall–Kier alpha value is -4.05. The number of fused-ring (bicyclic) bond motifs is 2. The Morgan fingerprint density at radius 2 is 1.72 bits per heavy atom. The maximum atomic E-state index is 13.5. The molecule has 0 saturated carbocycles. The third-order valence-electron chi connectivity index (χ3n) is 7.19. The van der Waals surface area contributed by atoms with Crippen molar-refractivity contribution in [3.8, 4) is 0 Å². The van der Waals surface area contributed by atoms with Crippen LogP contribution in [0.1, 0.15) is 27.2 Å². The summed E-state index contributed by atoms with van der Waals surface area (Å²) in [7, 11) is 1.93. The zero-order valence-electron chi connectivity index (χ0n) is 20.2. The van der Waals surface area contributed by atoms with E-state index in [4.69, 9.17) is 0 Å². The number of rotatable bonds is 4. The minimum absolute atomic E-state index is 0.102. The SMILES string of the molecule is Cn1c2c(c(=O)n3ncc(C(=O)N4CCN(c5ncccn5)CC4)c13)CN(Cc1ccccc1)CC2. The fourth-order valence-electron chi connectivity index (χ4n) is 5.30. The number of piperazine rings is 1. The maximum absolute atomic E-state index is 13.5. The van der Waals surface area contributed by atoms with Crippen LogP contribution in [0.15, 0.2) is 59.8 Å². The van der Waals surface area contributed by atoms with Crippen molar-refractivity contribution in [2.45, 2.75) is 19.5 Å². The predicted molar refractivity (Wildman–Crippen MR) is 135 cm³/mol. The number of aromatic nitrogens is 5. The van der Waals surface area contributed by atoms with E-state index in [0.29, 0.717) is 49.9 Å². The van der Waals surface area contributed by atoms with E-state index in [-0.39, 0.29) is 11.5 Å². The van der Waals surface area contributed by atoms with E-state index in [2.05, 4.69) is 37.0 Å². The van der Waals surface area contributed by atoms with Crippen LogP contribution in [0.5, 0.6) is 0 Å². The molecular weight excluding hydrogens is 456 g/mol. The average molecular weight is 485 g/mol. The van der Waals surface area contributed by atoms with Crippen molar-refractivity contribution < 1.29 is 4.79 Å². The first kappa shape index (κ1) is 22.4. The van der Waals surface area contributed by atoms with E-state index in [0.717, 1.165) is 30.8 Å². The van der Waals surface area contributed by atoms with E-state index in [1.54, 1.807) is 24.7 Å². The van der Waals surface area contributed by atoms with Crippen molar-refractivity contribution in [3.63, 3.8) is 0 Å². The van der Waals surface area contributed by atoms with Crippen LogP contribution in [0.3, 0.4) is 0 Å². The first-order valence-corrected chi connectivity index (χ1v) is 12.3. The number of benzene rings is 1. The molecule has 0 N–H and O–H groups in total. The van der Waals surface area contributed by atoms with Crippen molar-refractivity contribution in [3.05, 3.63) is 87.7 Å². The summed E-state index contributed by atoms with van der Waals surface area (Å²) in [5.41, 5.74) is 3.86. The lowest BCUT2D eigenvalue weighted by Crippen LogP contribution is -2.49. The normalized spacial score (nSPS) is 16.4. The van der Waals surface area contributed by atoms with Crippen LogP contribution in [0.25, 0.3) is 5.65 Å². The Balaban J connectivity index is 1.24. The number of carbonyl (C=O) groups is 1. The third-order valence-corrected chi connectivity index (χ3v) is 7.19. The van der Waals surface area contributed by atoms with Gasteiger partial charge in [-0.25, -0.2) is 9.97 Å². The predicted octanol–water partition coefficient (Wildman–Crippen LogP) is 1.34. The molecule has 0 aliphatic carbocycles. The number of anilines is 1. The van der Waals surface area contributed by atoms with Gasteiger partial charge in [0.15, 0.2) is 5.65 Å². The number of nitrogens with zero attached hydrogens (tertiary/aromatic N) is 8. The van der Waals surface area contributed by atoms with Gasteiger partial charge < -0.3 is 14.4 Å². The van der Waals surface area contributed by atoms with Crippen LogP contribution in [0.2, 0.25) is 0 Å². The summed E-state index contributed by atoms with van der Waals surface area (Å²) in [6, 6.07) is 12.1. The summed E-state index contributed by atoms with van der Waals surface area (Å²) in [6.07, 6.45) is 5.74. The molecule has 0 radical (unpaired) electrons. The Kier molecular flexibility index (Phi) is 5.73. The molecule has 0 atom stereocenters. The first-order chi connectivity index (χ1) is 17.6. The van der Waals surface area contributed by atoms with Gasteiger partial charge in [0.05, 0.1) is 11.8 Å². The second-order valence-electron chi connectivity index (χ2n) is 9.36. The Bertz CT molecular complexity index is 1460. The summed E-state index contributed by atoms with van der Waals surface area (Å²) in [4.78, 5) is 41.8. The summed E-state index contributed by atoms with van der Waals surface area (Å²) in [6.45, 7) is 4.64. The summed E-state index contributed by atoms with van der Waals surface area (Å²) in [5, 5.41) is 4.36. The largest absolute Gasteiger partial charge is 0.337 e. The summed E-state index contributed by atoms with van der Waals surface area (Å²) in [5.74, 6) is 0.575. The van der Waals surface area contributed by atoms with Gasteiger partial charge in [-0.15, -0.1) is 0 Å². The second-order valence-corrected chi connectivity index (χ2v) is 9.36. The minimum atomic E-state index is -0.138. The van der Waals surface area contributed by atoms with Crippen LogP contribution in [-0.4, -0.2) is 72.6 Å². The molecule has 2 aliphatic heterocycles. The molecule has 10 heteroatoms. The number of aryl methyl sites for hydroxylation is 1. The quantitative estimate of drug-likeness (QED) is 0.432. The molecule has 0 bridgehead atoms. The molecule has 1 aromatic carbocycles. The van der Waals surface area contributed by atoms with Crippen LogP contribution in [0.4, 0.5) is 5.95 Å². The lowest BCUT2D eigenvalue weighted by Gasteiger charge is -2.34. The van der Waals surface area contributed by atoms with Gasteiger partial charge in [0.1, 0.15) is 5.56 Å². The Morgan fingerprint density at radius 1 is 0.972 bits per heavy atom. The molecule has 3 aromatic heterocycles. The maximum Gasteiger partial charge on any atom is 0.279 e. The summed E-state index contributed by atoms with van der Waals surface area (Å²) >= 11 is 0. The fourth-order valence-corrected chi connectivity index (χ4v) is 5.30. The number of amides is 1. The van der Waals surface area contributed by atoms with Gasteiger partial charge in [-0.3, -0.25) is 14.5 Å². The van der Waals surface area contributed by atoms with Gasteiger partial charge in [0.2, 0.25) is 5.95 Å². The molecule has 0 unspecified atom stereocenters. The van der Waals surface area contributed by atoms with Crippen LogP contribution in [-0.2, 0) is 26.6 Å². The monoisotopic (exact) mass is 484 g/mol. The molecular formula is C26H28N8O2. The lowest BCUT2D eigenvalue weighted by molar-refractivity contribution is 0.0747. The Labute approximate surface area is 208 Å². The van der Waals surface area contributed by atoms with Crippen LogP contribution >= 0.6 is 0 Å². The molecule has 1 fully saturated rings. The molecule has 184 valence electrons. The Morgan fingerprint density at radius 3 is 2.47 bits per heavy atom. The number of hydrogen-bond acceptors (Lipinski definition) is 7. The fraction of sp³-hybridized carbons (Fsp3) is 0.346. The molecule has 0 spiro atoms. The second kappa shape index (κ2) is 9.19. The molecule has 36 heavy (non-hydrogen) atoms. The van der Waals surface area contributed by atoms with E-state index in [1.165, 1.54) is 10.1 Å². The van der Waals surface area contributed by atoms with Crippen molar-refractivity contribution in [1.29, 1.82) is 0 Å². The highest BCUT2D eigenvalue weighted by atomic mass is 16.2. The van der Waals surface area contributed by atoms with Crippen molar-refractivity contribution in [2.24, 2.45) is 7.05 Å². The topological polar surface area (TPSA) is 91.9 Å². The zero-order valence-corrected chi connectivity index (χ0v) is 20.2. The van der Waals surface area contributed by atoms with E-state index < -0.39 is 0 Å². The standard InChI is InChI=1S/C26H28N8O2/c1-30-22-8-11-31(17-19-6-3-2-4-7-19)18-21(22)25(36)34-23(30)20(16-29-34)24(35)32-12-14-33(15-13-32)26-27-9-5-10-28-26/h2-7,9-10,16H,8,11-15,17-18H2,1H3. The van der Waals surface area contributed by atoms with Crippen molar-refractivity contribution in [2.75, 3.05) is 37.6 Å². The molecule has 6 rings (SSSR count). The van der Waals surface area contributed by atoms with E-state index in [1.807, 2.05) is 34.7 Å². The zero-order chi connectivity index (χ0) is 24.6. The summed E-state index contributed by atoms with van der Waals surface area (Å²) < 4.78 is 3.39. The lowest BCUT2D eigenvalue weighted by atomic mass is 10.1. The molecule has 5 heterocycles. The highest BCUT2D eigenvalue weighted by molar-refractivity contribution is 6.00. The van der Waals surface area contributed by atoms with Gasteiger partial charge in [0.25, 0.3) is 11.5 Å². The van der Waals surface area contributed by atoms with Gasteiger partial charge in [-0.1, -0.05) is 30.3 Å². The smallest absolute Gasteiger partial charge is 0.279 e. The number of hydrogen-bond donors (Lipinski definition) is 0. The minimum Gasteiger partial charge on any atom is -0.337 e. The highest BCUT2D eigenvalue weighted by Crippen LogP contribution is 2.22. The van der Waals surface area contributed by atoms with E-state index in [9.17, 15) is 9.59 Å². The van der Waals surface area contributed by atoms with Crippen molar-refractivity contribution in [1.82, 2.24) is 33.9 Å². The molecule has 10 nitrogen and oxygen atoms in total. The number of carbonyl (C=O) groups excluding carboxylic acids is 1. The third kappa shape index (κ3) is 3.93.